The molecule has 11 heteroatoms. The second-order valence-corrected chi connectivity index (χ2v) is 12.1. The molecule has 3 aromatic carbocycles. The number of carbonyl (C=O) groups is 2. The molecule has 1 aliphatic rings. The second-order valence-electron chi connectivity index (χ2n) is 11.1. The number of benzene rings is 2. The van der Waals surface area contributed by atoms with Crippen molar-refractivity contribution in [3.63, 3.8) is 0 Å². The molecule has 0 unspecified atom stereocenters. The van der Waals surface area contributed by atoms with E-state index in [1.165, 1.54) is 18.3 Å². The van der Waals surface area contributed by atoms with Crippen molar-refractivity contribution >= 4 is 44.2 Å². The molecule has 1 aromatic heterocycles. The van der Waals surface area contributed by atoms with Gasteiger partial charge >= 0.3 is 0 Å². The first-order valence-electron chi connectivity index (χ1n) is 14.9. The number of amides is 2. The Balaban J connectivity index is 1.60. The summed E-state index contributed by atoms with van der Waals surface area (Å²) in [5.74, 6) is 0.827. The minimum absolute atomic E-state index is 0.105. The minimum atomic E-state index is -0.714. The minimum Gasteiger partial charge on any atom is -0.493 e. The number of nitrogens with one attached hydrogen (secondary N) is 3. The fourth-order valence-corrected chi connectivity index (χ4v) is 6.67. The number of ether oxygens (including phenoxy) is 3. The molecule has 1 heterocycles. The summed E-state index contributed by atoms with van der Waals surface area (Å²) in [4.78, 5) is 44.3. The Morgan fingerprint density at radius 1 is 1.04 bits per heavy atom. The highest BCUT2D eigenvalue weighted by molar-refractivity contribution is 7.22. The van der Waals surface area contributed by atoms with Gasteiger partial charge in [0.1, 0.15) is 6.04 Å². The summed E-state index contributed by atoms with van der Waals surface area (Å²) >= 11 is 1.40. The van der Waals surface area contributed by atoms with Crippen LogP contribution in [-0.4, -0.2) is 44.2 Å². The number of thiazole rings is 1. The lowest BCUT2D eigenvalue weighted by Gasteiger charge is -2.23. The molecule has 0 fully saturated rings. The predicted octanol–water partition coefficient (Wildman–Crippen LogP) is 5.94. The topological polar surface area (TPSA) is 128 Å². The molecule has 2 amide bonds. The van der Waals surface area contributed by atoms with E-state index in [0.29, 0.717) is 52.8 Å². The average Bonchev–Trinajstić information content (AvgIpc) is 3.30. The molecular weight excluding hydrogens is 592 g/mol. The van der Waals surface area contributed by atoms with Crippen molar-refractivity contribution in [2.24, 2.45) is 5.92 Å². The molecule has 1 aliphatic carbocycles. The standard InChI is InChI=1S/C34H38N4O6S/c1-7-18(2)30(33(41)38-34-37-25-10-8-9-11-28(25)45-34)36-24-15-13-21-22(17-26(24)40)23(35-19(3)39)14-12-20-16-27(42-4)31(43-5)32(44-6)29(20)21/h8-11,13,15-18,23,30H,7,12,14H2,1-6H3,(H,35,39)(H,36,40)(H,37,38,41)/t18-,23+,30+/m1/s1. The maximum Gasteiger partial charge on any atom is 0.248 e. The molecule has 3 atom stereocenters. The van der Waals surface area contributed by atoms with Crippen LogP contribution in [0.4, 0.5) is 10.8 Å². The Morgan fingerprint density at radius 2 is 1.80 bits per heavy atom. The van der Waals surface area contributed by atoms with Crippen LogP contribution >= 0.6 is 11.3 Å². The number of aromatic nitrogens is 1. The number of rotatable bonds is 10. The van der Waals surface area contributed by atoms with Gasteiger partial charge in [0.25, 0.3) is 0 Å². The molecule has 0 radical (unpaired) electrons. The first-order chi connectivity index (χ1) is 21.7. The van der Waals surface area contributed by atoms with Gasteiger partial charge in [0.05, 0.1) is 43.3 Å². The lowest BCUT2D eigenvalue weighted by molar-refractivity contribution is -0.120. The zero-order chi connectivity index (χ0) is 32.2. The highest BCUT2D eigenvalue weighted by Gasteiger charge is 2.30. The lowest BCUT2D eigenvalue weighted by Crippen LogP contribution is -2.40. The van der Waals surface area contributed by atoms with Gasteiger partial charge in [0, 0.05) is 12.5 Å². The van der Waals surface area contributed by atoms with Crippen LogP contribution < -0.4 is 35.6 Å². The van der Waals surface area contributed by atoms with Crippen molar-refractivity contribution in [1.29, 1.82) is 0 Å². The smallest absolute Gasteiger partial charge is 0.248 e. The van der Waals surface area contributed by atoms with Gasteiger partial charge in [-0.05, 0) is 65.8 Å². The maximum atomic E-state index is 13.9. The van der Waals surface area contributed by atoms with Gasteiger partial charge in [-0.3, -0.25) is 14.4 Å². The highest BCUT2D eigenvalue weighted by Crippen LogP contribution is 2.50. The van der Waals surface area contributed by atoms with E-state index >= 15 is 0 Å². The molecule has 236 valence electrons. The summed E-state index contributed by atoms with van der Waals surface area (Å²) in [5, 5.41) is 9.72. The fourth-order valence-electron chi connectivity index (χ4n) is 5.81. The van der Waals surface area contributed by atoms with Crippen LogP contribution in [0.15, 0.2) is 53.3 Å². The van der Waals surface area contributed by atoms with Crippen molar-refractivity contribution in [1.82, 2.24) is 10.3 Å². The Kier molecular flexibility index (Phi) is 9.57. The Bertz CT molecular complexity index is 1770. The number of nitrogens with zero attached hydrogens (tertiary/aromatic N) is 1. The van der Waals surface area contributed by atoms with Crippen LogP contribution in [0.1, 0.15) is 50.8 Å². The molecule has 3 N–H and O–H groups in total. The molecule has 0 aliphatic heterocycles. The third-order valence-corrected chi connectivity index (χ3v) is 9.20. The first-order valence-corrected chi connectivity index (χ1v) is 15.7. The van der Waals surface area contributed by atoms with Crippen LogP contribution in [0.3, 0.4) is 0 Å². The van der Waals surface area contributed by atoms with Gasteiger partial charge in [-0.2, -0.15) is 0 Å². The largest absolute Gasteiger partial charge is 0.493 e. The zero-order valence-electron chi connectivity index (χ0n) is 26.3. The molecule has 4 aromatic rings. The van der Waals surface area contributed by atoms with Gasteiger partial charge in [-0.25, -0.2) is 4.98 Å². The van der Waals surface area contributed by atoms with E-state index in [1.807, 2.05) is 50.2 Å². The quantitative estimate of drug-likeness (QED) is 0.197. The fraction of sp³-hybridized carbons (Fsp3) is 0.353. The molecule has 5 rings (SSSR count). The normalized spacial score (nSPS) is 15.1. The first kappa shape index (κ1) is 31.8. The van der Waals surface area contributed by atoms with E-state index in [2.05, 4.69) is 20.9 Å². The molecule has 0 spiro atoms. The van der Waals surface area contributed by atoms with Gasteiger partial charge in [0.15, 0.2) is 16.6 Å². The number of hydrogen-bond acceptors (Lipinski definition) is 9. The van der Waals surface area contributed by atoms with Crippen molar-refractivity contribution in [2.45, 2.75) is 52.1 Å². The van der Waals surface area contributed by atoms with Crippen molar-refractivity contribution < 1.29 is 23.8 Å². The second kappa shape index (κ2) is 13.6. The summed E-state index contributed by atoms with van der Waals surface area (Å²) in [6.07, 6.45) is 1.84. The number of para-hydroxylation sites is 1. The maximum absolute atomic E-state index is 13.9. The summed E-state index contributed by atoms with van der Waals surface area (Å²) in [7, 11) is 4.67. The number of hydrogen-bond donors (Lipinski definition) is 3. The van der Waals surface area contributed by atoms with Crippen LogP contribution in [0.5, 0.6) is 17.2 Å². The summed E-state index contributed by atoms with van der Waals surface area (Å²) < 4.78 is 18.1. The van der Waals surface area contributed by atoms with Gasteiger partial charge in [0.2, 0.25) is 23.0 Å². The molecule has 0 saturated carbocycles. The molecular formula is C34H38N4O6S. The molecule has 45 heavy (non-hydrogen) atoms. The highest BCUT2D eigenvalue weighted by atomic mass is 32.1. The Hall–Kier alpha value is -4.64. The number of carbonyl (C=O) groups excluding carboxylic acids is 2. The Morgan fingerprint density at radius 3 is 2.47 bits per heavy atom. The van der Waals surface area contributed by atoms with Crippen LogP contribution in [0, 0.1) is 5.92 Å². The van der Waals surface area contributed by atoms with Crippen LogP contribution in [-0.2, 0) is 16.0 Å². The van der Waals surface area contributed by atoms with Crippen LogP contribution in [0.2, 0.25) is 0 Å². The Labute approximate surface area is 266 Å². The average molecular weight is 631 g/mol. The van der Waals surface area contributed by atoms with E-state index in [1.54, 1.807) is 33.5 Å². The van der Waals surface area contributed by atoms with E-state index in [4.69, 9.17) is 14.2 Å². The SMILES string of the molecule is CC[C@@H](C)[C@H](Nc1ccc2c(cc1=O)[C@@H](NC(C)=O)CCc1cc(OC)c(OC)c(OC)c1-2)C(=O)Nc1nc2ccccc2s1. The number of anilines is 2. The van der Waals surface area contributed by atoms with E-state index in [0.717, 1.165) is 21.3 Å². The number of fused-ring (bicyclic) bond motifs is 4. The number of aryl methyl sites for hydroxylation is 1. The monoisotopic (exact) mass is 630 g/mol. The van der Waals surface area contributed by atoms with Crippen LogP contribution in [0.25, 0.3) is 21.3 Å². The molecule has 10 nitrogen and oxygen atoms in total. The van der Waals surface area contributed by atoms with Gasteiger partial charge in [-0.15, -0.1) is 0 Å². The van der Waals surface area contributed by atoms with E-state index < -0.39 is 12.1 Å². The van der Waals surface area contributed by atoms with Crippen molar-refractivity contribution in [2.75, 3.05) is 32.0 Å². The third-order valence-electron chi connectivity index (χ3n) is 8.25. The summed E-state index contributed by atoms with van der Waals surface area (Å²) in [6.45, 7) is 5.42. The summed E-state index contributed by atoms with van der Waals surface area (Å²) in [6, 6.07) is 13.5. The molecule has 0 saturated heterocycles. The van der Waals surface area contributed by atoms with Gasteiger partial charge < -0.3 is 30.2 Å². The van der Waals surface area contributed by atoms with Gasteiger partial charge in [-0.1, -0.05) is 49.8 Å². The third kappa shape index (κ3) is 6.44. The zero-order valence-corrected chi connectivity index (χ0v) is 27.1. The van der Waals surface area contributed by atoms with Crippen molar-refractivity contribution in [3.05, 3.63) is 69.9 Å². The van der Waals surface area contributed by atoms with E-state index in [9.17, 15) is 14.4 Å². The predicted molar refractivity (Wildman–Crippen MR) is 178 cm³/mol. The van der Waals surface area contributed by atoms with E-state index in [-0.39, 0.29) is 28.8 Å². The summed E-state index contributed by atoms with van der Waals surface area (Å²) in [5.41, 5.74) is 3.80. The number of methoxy groups -OCH3 is 3. The molecule has 0 bridgehead atoms. The van der Waals surface area contributed by atoms with Crippen molar-refractivity contribution in [3.8, 4) is 28.4 Å². The lowest BCUT2D eigenvalue weighted by atomic mass is 9.95.